The zero-order chi connectivity index (χ0) is 8.69. The molecule has 0 heterocycles. The Labute approximate surface area is 80.6 Å². The van der Waals surface area contributed by atoms with E-state index in [0.29, 0.717) is 6.42 Å². The predicted octanol–water partition coefficient (Wildman–Crippen LogP) is -0.0911. The van der Waals surface area contributed by atoms with Crippen molar-refractivity contribution in [3.8, 4) is 0 Å². The Balaban J connectivity index is 3.17. The van der Waals surface area contributed by atoms with E-state index in [9.17, 15) is 4.79 Å². The smallest absolute Gasteiger partial charge is 0.234 e. The van der Waals surface area contributed by atoms with E-state index in [0.717, 1.165) is 19.4 Å². The summed E-state index contributed by atoms with van der Waals surface area (Å²) >= 11 is 2.08. The van der Waals surface area contributed by atoms with E-state index in [1.165, 1.54) is 0 Å². The van der Waals surface area contributed by atoms with Gasteiger partial charge in [-0.25, -0.2) is 0 Å². The van der Waals surface area contributed by atoms with Gasteiger partial charge in [0.1, 0.15) is 0 Å². The van der Waals surface area contributed by atoms with Crippen molar-refractivity contribution >= 4 is 28.8 Å². The quantitative estimate of drug-likeness (QED) is 0.359. The van der Waals surface area contributed by atoms with Gasteiger partial charge >= 0.3 is 0 Å². The van der Waals surface area contributed by atoms with E-state index < -0.39 is 11.9 Å². The maximum absolute atomic E-state index is 10.4. The summed E-state index contributed by atoms with van der Waals surface area (Å²) < 4.78 is 2.98. The third kappa shape index (κ3) is 6.52. The van der Waals surface area contributed by atoms with Crippen LogP contribution >= 0.6 is 22.9 Å². The lowest BCUT2D eigenvalue weighted by atomic mass is 10.1. The standard InChI is InChI=1S/C6H14IN3O/c7-10-4-2-1-3-5(8)6(9)11/h5,10H,1-4,8H2,(H2,9,11). The van der Waals surface area contributed by atoms with Gasteiger partial charge in [0.15, 0.2) is 0 Å². The number of hydrogen-bond donors (Lipinski definition) is 3. The lowest BCUT2D eigenvalue weighted by Gasteiger charge is -2.05. The number of primary amides is 1. The number of amides is 1. The van der Waals surface area contributed by atoms with Crippen molar-refractivity contribution in [3.05, 3.63) is 0 Å². The zero-order valence-corrected chi connectivity index (χ0v) is 8.50. The number of hydrogen-bond acceptors (Lipinski definition) is 3. The Morgan fingerprint density at radius 1 is 1.55 bits per heavy atom. The number of unbranched alkanes of at least 4 members (excludes halogenated alkanes) is 1. The normalized spacial score (nSPS) is 12.9. The maximum atomic E-state index is 10.4. The largest absolute Gasteiger partial charge is 0.368 e. The molecule has 0 aromatic carbocycles. The van der Waals surface area contributed by atoms with Crippen molar-refractivity contribution in [2.75, 3.05) is 6.54 Å². The first-order valence-electron chi connectivity index (χ1n) is 3.57. The van der Waals surface area contributed by atoms with Crippen molar-refractivity contribution in [2.24, 2.45) is 11.5 Å². The molecule has 1 unspecified atom stereocenters. The fourth-order valence-corrected chi connectivity index (χ4v) is 1.08. The Kier molecular flexibility index (Phi) is 6.88. The Hall–Kier alpha value is 0.120. The van der Waals surface area contributed by atoms with Gasteiger partial charge in [-0.2, -0.15) is 0 Å². The molecule has 0 rings (SSSR count). The second-order valence-electron chi connectivity index (χ2n) is 2.39. The van der Waals surface area contributed by atoms with Gasteiger partial charge in [0.05, 0.1) is 6.04 Å². The molecule has 0 saturated carbocycles. The SMILES string of the molecule is NC(=O)C(N)CCCCNI. The molecule has 0 spiro atoms. The molecule has 11 heavy (non-hydrogen) atoms. The topological polar surface area (TPSA) is 81.1 Å². The highest BCUT2D eigenvalue weighted by Gasteiger charge is 2.07. The second-order valence-corrected chi connectivity index (χ2v) is 3.15. The van der Waals surface area contributed by atoms with Gasteiger partial charge in [-0.15, -0.1) is 0 Å². The molecule has 0 aromatic heterocycles. The van der Waals surface area contributed by atoms with Crippen LogP contribution in [0.15, 0.2) is 0 Å². The monoisotopic (exact) mass is 271 g/mol. The third-order valence-corrected chi connectivity index (χ3v) is 1.94. The molecule has 5 heteroatoms. The van der Waals surface area contributed by atoms with Gasteiger partial charge in [-0.3, -0.25) is 8.32 Å². The van der Waals surface area contributed by atoms with E-state index >= 15 is 0 Å². The molecule has 1 amide bonds. The van der Waals surface area contributed by atoms with Crippen LogP contribution in [0.1, 0.15) is 19.3 Å². The van der Waals surface area contributed by atoms with Crippen molar-refractivity contribution < 1.29 is 4.79 Å². The highest BCUT2D eigenvalue weighted by atomic mass is 127. The Morgan fingerprint density at radius 3 is 2.64 bits per heavy atom. The fraction of sp³-hybridized carbons (Fsp3) is 0.833. The number of carbonyl (C=O) groups is 1. The molecule has 0 fully saturated rings. The molecule has 0 aliphatic rings. The van der Waals surface area contributed by atoms with Crippen LogP contribution in [0.5, 0.6) is 0 Å². The summed E-state index contributed by atoms with van der Waals surface area (Å²) in [7, 11) is 0. The zero-order valence-electron chi connectivity index (χ0n) is 6.35. The van der Waals surface area contributed by atoms with Crippen LogP contribution in [-0.2, 0) is 4.79 Å². The van der Waals surface area contributed by atoms with Gasteiger partial charge in [0, 0.05) is 29.4 Å². The number of carbonyl (C=O) groups excluding carboxylic acids is 1. The molecule has 0 saturated heterocycles. The molecular formula is C6H14IN3O. The minimum absolute atomic E-state index is 0.410. The first kappa shape index (κ1) is 11.1. The highest BCUT2D eigenvalue weighted by Crippen LogP contribution is 1.97. The van der Waals surface area contributed by atoms with Crippen LogP contribution in [0.4, 0.5) is 0 Å². The molecular weight excluding hydrogens is 257 g/mol. The van der Waals surface area contributed by atoms with Gasteiger partial charge in [0.2, 0.25) is 5.91 Å². The molecule has 1 atom stereocenters. The summed E-state index contributed by atoms with van der Waals surface area (Å²) in [6.07, 6.45) is 2.66. The van der Waals surface area contributed by atoms with Gasteiger partial charge < -0.3 is 11.5 Å². The first-order chi connectivity index (χ1) is 5.18. The van der Waals surface area contributed by atoms with Gasteiger partial charge in [-0.05, 0) is 12.8 Å². The third-order valence-electron chi connectivity index (χ3n) is 1.40. The molecule has 0 bridgehead atoms. The number of nitrogens with two attached hydrogens (primary N) is 2. The molecule has 0 aliphatic carbocycles. The number of rotatable bonds is 6. The van der Waals surface area contributed by atoms with Crippen molar-refractivity contribution in [1.82, 2.24) is 3.53 Å². The maximum Gasteiger partial charge on any atom is 0.234 e. The van der Waals surface area contributed by atoms with Crippen LogP contribution in [0.2, 0.25) is 0 Å². The van der Waals surface area contributed by atoms with Crippen LogP contribution in [0.3, 0.4) is 0 Å². The number of nitrogens with one attached hydrogen (secondary N) is 1. The van der Waals surface area contributed by atoms with Crippen molar-refractivity contribution in [3.63, 3.8) is 0 Å². The average Bonchev–Trinajstić information content (AvgIpc) is 1.97. The average molecular weight is 271 g/mol. The van der Waals surface area contributed by atoms with Crippen molar-refractivity contribution in [1.29, 1.82) is 0 Å². The summed E-state index contributed by atoms with van der Waals surface area (Å²) in [5.74, 6) is -0.410. The van der Waals surface area contributed by atoms with E-state index in [4.69, 9.17) is 11.5 Å². The Bertz CT molecular complexity index is 120. The second kappa shape index (κ2) is 6.81. The van der Waals surface area contributed by atoms with Gasteiger partial charge in [-0.1, -0.05) is 6.42 Å². The highest BCUT2D eigenvalue weighted by molar-refractivity contribution is 14.1. The van der Waals surface area contributed by atoms with Crippen LogP contribution < -0.4 is 15.0 Å². The molecule has 66 valence electrons. The fourth-order valence-electron chi connectivity index (χ4n) is 0.698. The summed E-state index contributed by atoms with van der Waals surface area (Å²) in [6, 6.07) is -0.468. The van der Waals surface area contributed by atoms with E-state index in [1.54, 1.807) is 0 Å². The van der Waals surface area contributed by atoms with Crippen molar-refractivity contribution in [2.45, 2.75) is 25.3 Å². The Morgan fingerprint density at radius 2 is 2.18 bits per heavy atom. The van der Waals surface area contributed by atoms with E-state index in [1.807, 2.05) is 0 Å². The van der Waals surface area contributed by atoms with Gasteiger partial charge in [0.25, 0.3) is 0 Å². The van der Waals surface area contributed by atoms with Crippen LogP contribution in [-0.4, -0.2) is 18.5 Å². The molecule has 4 nitrogen and oxygen atoms in total. The summed E-state index contributed by atoms with van der Waals surface area (Å²) in [5, 5.41) is 0. The summed E-state index contributed by atoms with van der Waals surface area (Å²) in [5.41, 5.74) is 10.4. The predicted molar refractivity (Wildman–Crippen MR) is 53.0 cm³/mol. The summed E-state index contributed by atoms with van der Waals surface area (Å²) in [6.45, 7) is 0.950. The van der Waals surface area contributed by atoms with Crippen LogP contribution in [0.25, 0.3) is 0 Å². The molecule has 0 aromatic rings. The minimum Gasteiger partial charge on any atom is -0.368 e. The lowest BCUT2D eigenvalue weighted by molar-refractivity contribution is -0.119. The van der Waals surface area contributed by atoms with E-state index in [2.05, 4.69) is 26.4 Å². The summed E-state index contributed by atoms with van der Waals surface area (Å²) in [4.78, 5) is 10.4. The van der Waals surface area contributed by atoms with E-state index in [-0.39, 0.29) is 0 Å². The first-order valence-corrected chi connectivity index (χ1v) is 4.64. The van der Waals surface area contributed by atoms with Crippen LogP contribution in [0, 0.1) is 0 Å². The molecule has 0 aliphatic heterocycles. The number of halogens is 1. The molecule has 5 N–H and O–H groups in total. The lowest BCUT2D eigenvalue weighted by Crippen LogP contribution is -2.36. The molecule has 0 radical (unpaired) electrons. The minimum atomic E-state index is -0.468.